The third kappa shape index (κ3) is 3.28. The van der Waals surface area contributed by atoms with Gasteiger partial charge < -0.3 is 9.64 Å². The Balaban J connectivity index is 1.84. The molecule has 2 aliphatic rings. The van der Waals surface area contributed by atoms with Crippen molar-refractivity contribution in [2.45, 2.75) is 70.2 Å². The summed E-state index contributed by atoms with van der Waals surface area (Å²) < 4.78 is 6.17. The smallest absolute Gasteiger partial charge is 0.190 e. The van der Waals surface area contributed by atoms with Gasteiger partial charge in [-0.05, 0) is 38.2 Å². The van der Waals surface area contributed by atoms with Crippen LogP contribution >= 0.6 is 23.1 Å². The van der Waals surface area contributed by atoms with Gasteiger partial charge in [0.2, 0.25) is 0 Å². The summed E-state index contributed by atoms with van der Waals surface area (Å²) in [5.74, 6) is 2.26. The minimum Gasteiger partial charge on any atom is -0.369 e. The van der Waals surface area contributed by atoms with E-state index in [-0.39, 0.29) is 5.60 Å². The Morgan fingerprint density at radius 1 is 1.24 bits per heavy atom. The molecule has 4 heterocycles. The summed E-state index contributed by atoms with van der Waals surface area (Å²) in [6.45, 7) is 9.63. The molecule has 136 valence electrons. The van der Waals surface area contributed by atoms with Gasteiger partial charge in [0.1, 0.15) is 10.6 Å². The van der Waals surface area contributed by atoms with Gasteiger partial charge in [-0.3, -0.25) is 0 Å². The van der Waals surface area contributed by atoms with Crippen LogP contribution in [0.4, 0.5) is 5.82 Å². The Morgan fingerprint density at radius 2 is 2.04 bits per heavy atom. The van der Waals surface area contributed by atoms with E-state index in [0.29, 0.717) is 0 Å². The van der Waals surface area contributed by atoms with Gasteiger partial charge in [-0.2, -0.15) is 0 Å². The quantitative estimate of drug-likeness (QED) is 0.539. The number of aromatic nitrogens is 2. The van der Waals surface area contributed by atoms with Crippen molar-refractivity contribution in [2.75, 3.05) is 23.7 Å². The number of fused-ring (bicyclic) bond motifs is 3. The van der Waals surface area contributed by atoms with E-state index in [2.05, 4.69) is 25.7 Å². The number of thiophene rings is 1. The molecular formula is C19H27N3OS2. The molecule has 1 unspecified atom stereocenters. The molecule has 1 saturated heterocycles. The van der Waals surface area contributed by atoms with Gasteiger partial charge in [-0.15, -0.1) is 11.3 Å². The highest BCUT2D eigenvalue weighted by atomic mass is 32.2. The summed E-state index contributed by atoms with van der Waals surface area (Å²) in [6, 6.07) is 0. The lowest BCUT2D eigenvalue weighted by Crippen LogP contribution is -2.34. The summed E-state index contributed by atoms with van der Waals surface area (Å²) in [5, 5.41) is 2.25. The Morgan fingerprint density at radius 3 is 2.76 bits per heavy atom. The second-order valence-electron chi connectivity index (χ2n) is 7.33. The van der Waals surface area contributed by atoms with Crippen molar-refractivity contribution in [1.29, 1.82) is 0 Å². The fourth-order valence-electron chi connectivity index (χ4n) is 3.68. The van der Waals surface area contributed by atoms with Gasteiger partial charge in [0.25, 0.3) is 0 Å². The summed E-state index contributed by atoms with van der Waals surface area (Å²) in [4.78, 5) is 14.9. The normalized spacial score (nSPS) is 23.4. The Kier molecular flexibility index (Phi) is 4.95. The van der Waals surface area contributed by atoms with E-state index in [1.807, 2.05) is 11.3 Å². The zero-order valence-corrected chi connectivity index (χ0v) is 17.1. The first-order valence-electron chi connectivity index (χ1n) is 9.47. The lowest BCUT2D eigenvalue weighted by atomic mass is 9.90. The van der Waals surface area contributed by atoms with Crippen LogP contribution in [0.1, 0.15) is 56.9 Å². The van der Waals surface area contributed by atoms with E-state index < -0.39 is 0 Å². The van der Waals surface area contributed by atoms with Crippen molar-refractivity contribution < 1.29 is 4.74 Å². The van der Waals surface area contributed by atoms with Crippen molar-refractivity contribution in [3.8, 4) is 0 Å². The first-order chi connectivity index (χ1) is 12.1. The molecule has 2 aromatic rings. The second kappa shape index (κ2) is 7.05. The van der Waals surface area contributed by atoms with E-state index in [4.69, 9.17) is 14.7 Å². The standard InChI is InChI=1S/C19H27N3OS2/c1-4-10-24-18-20-16(22-8-6-7-9-22)15-13-11-19(3,5-2)23-12-14(13)25-17(15)21-18/h4-12H2,1-3H3. The molecule has 0 bridgehead atoms. The van der Waals surface area contributed by atoms with E-state index >= 15 is 0 Å². The van der Waals surface area contributed by atoms with Gasteiger partial charge in [0.05, 0.1) is 17.6 Å². The van der Waals surface area contributed by atoms with Crippen LogP contribution in [-0.4, -0.2) is 34.4 Å². The molecule has 1 fully saturated rings. The molecule has 0 N–H and O–H groups in total. The molecule has 1 atom stereocenters. The van der Waals surface area contributed by atoms with Gasteiger partial charge in [-0.25, -0.2) is 9.97 Å². The van der Waals surface area contributed by atoms with Crippen LogP contribution in [-0.2, 0) is 17.8 Å². The van der Waals surface area contributed by atoms with Gasteiger partial charge >= 0.3 is 0 Å². The highest BCUT2D eigenvalue weighted by Gasteiger charge is 2.34. The number of hydrogen-bond acceptors (Lipinski definition) is 6. The van der Waals surface area contributed by atoms with E-state index in [9.17, 15) is 0 Å². The third-order valence-electron chi connectivity index (χ3n) is 5.39. The maximum atomic E-state index is 6.17. The Labute approximate surface area is 158 Å². The van der Waals surface area contributed by atoms with Gasteiger partial charge in [0.15, 0.2) is 5.16 Å². The monoisotopic (exact) mass is 377 g/mol. The van der Waals surface area contributed by atoms with Crippen LogP contribution in [0.2, 0.25) is 0 Å². The molecule has 0 radical (unpaired) electrons. The summed E-state index contributed by atoms with van der Waals surface area (Å²) in [5.41, 5.74) is 1.39. The molecule has 0 amide bonds. The van der Waals surface area contributed by atoms with Crippen LogP contribution in [0.15, 0.2) is 5.16 Å². The maximum absolute atomic E-state index is 6.17. The van der Waals surface area contributed by atoms with E-state index in [0.717, 1.165) is 54.7 Å². The number of ether oxygens (including phenoxy) is 1. The molecule has 4 rings (SSSR count). The minimum absolute atomic E-state index is 0.0566. The van der Waals surface area contributed by atoms with Crippen LogP contribution in [0, 0.1) is 0 Å². The van der Waals surface area contributed by atoms with Crippen LogP contribution < -0.4 is 4.90 Å². The fraction of sp³-hybridized carbons (Fsp3) is 0.684. The topological polar surface area (TPSA) is 38.2 Å². The van der Waals surface area contributed by atoms with Crippen molar-refractivity contribution in [3.05, 3.63) is 10.4 Å². The molecule has 0 aliphatic carbocycles. The molecule has 0 aromatic carbocycles. The predicted molar refractivity (Wildman–Crippen MR) is 107 cm³/mol. The van der Waals surface area contributed by atoms with Crippen molar-refractivity contribution >= 4 is 39.1 Å². The van der Waals surface area contributed by atoms with Crippen molar-refractivity contribution in [1.82, 2.24) is 9.97 Å². The first-order valence-corrected chi connectivity index (χ1v) is 11.3. The molecular weight excluding hydrogens is 350 g/mol. The van der Waals surface area contributed by atoms with Crippen LogP contribution in [0.3, 0.4) is 0 Å². The molecule has 0 spiro atoms. The average Bonchev–Trinajstić information content (AvgIpc) is 3.27. The number of thioether (sulfide) groups is 1. The predicted octanol–water partition coefficient (Wildman–Crippen LogP) is 5.04. The largest absolute Gasteiger partial charge is 0.369 e. The minimum atomic E-state index is -0.0566. The summed E-state index contributed by atoms with van der Waals surface area (Å²) >= 11 is 3.60. The lowest BCUT2D eigenvalue weighted by molar-refractivity contribution is -0.0542. The highest BCUT2D eigenvalue weighted by Crippen LogP contribution is 2.43. The molecule has 6 heteroatoms. The SMILES string of the molecule is CCCSc1nc(N2CCCC2)c2c3c(sc2n1)COC(C)(CC)C3. The van der Waals surface area contributed by atoms with Crippen LogP contribution in [0.25, 0.3) is 10.2 Å². The summed E-state index contributed by atoms with van der Waals surface area (Å²) in [7, 11) is 0. The van der Waals surface area contributed by atoms with E-state index in [1.165, 1.54) is 34.5 Å². The molecule has 2 aromatic heterocycles. The summed E-state index contributed by atoms with van der Waals surface area (Å²) in [6.07, 6.45) is 5.70. The Hall–Kier alpha value is -0.850. The molecule has 4 nitrogen and oxygen atoms in total. The zero-order valence-electron chi connectivity index (χ0n) is 15.4. The third-order valence-corrected chi connectivity index (χ3v) is 7.54. The fourth-order valence-corrected chi connectivity index (χ4v) is 5.53. The number of rotatable bonds is 5. The second-order valence-corrected chi connectivity index (χ2v) is 9.47. The number of hydrogen-bond donors (Lipinski definition) is 0. The van der Waals surface area contributed by atoms with E-state index in [1.54, 1.807) is 11.8 Å². The maximum Gasteiger partial charge on any atom is 0.190 e. The average molecular weight is 378 g/mol. The number of anilines is 1. The highest BCUT2D eigenvalue weighted by molar-refractivity contribution is 7.99. The van der Waals surface area contributed by atoms with Crippen molar-refractivity contribution in [3.63, 3.8) is 0 Å². The Bertz CT molecular complexity index is 770. The van der Waals surface area contributed by atoms with Gasteiger partial charge in [0, 0.05) is 30.1 Å². The molecule has 2 aliphatic heterocycles. The number of nitrogens with zero attached hydrogens (tertiary/aromatic N) is 3. The molecule has 25 heavy (non-hydrogen) atoms. The first kappa shape index (κ1) is 17.6. The molecule has 0 saturated carbocycles. The van der Waals surface area contributed by atoms with Crippen LogP contribution in [0.5, 0.6) is 0 Å². The van der Waals surface area contributed by atoms with Crippen molar-refractivity contribution in [2.24, 2.45) is 0 Å². The van der Waals surface area contributed by atoms with Gasteiger partial charge in [-0.1, -0.05) is 25.6 Å². The zero-order chi connectivity index (χ0) is 17.4. The lowest BCUT2D eigenvalue weighted by Gasteiger charge is -2.33.